The summed E-state index contributed by atoms with van der Waals surface area (Å²) in [6, 6.07) is 26.5. The fourth-order valence-corrected chi connectivity index (χ4v) is 5.24. The van der Waals surface area contributed by atoms with Gasteiger partial charge in [-0.05, 0) is 71.5 Å². The number of aryl methyl sites for hydroxylation is 1. The van der Waals surface area contributed by atoms with Gasteiger partial charge in [-0.15, -0.1) is 0 Å². The summed E-state index contributed by atoms with van der Waals surface area (Å²) < 4.78 is 39.0. The molecule has 0 spiro atoms. The molecule has 2 amide bonds. The molecule has 4 aromatic carbocycles. The summed E-state index contributed by atoms with van der Waals surface area (Å²) in [5.74, 6) is -0.606. The first-order valence-electron chi connectivity index (χ1n) is 13.1. The molecule has 0 radical (unpaired) electrons. The SMILES string of the molecule is O=C(NC1CCc2ccccc21)c1cnc2cc(NC(=O)c3ccccc3-c3ccc(C(F)(F)F)cc3)ccc2c1. The van der Waals surface area contributed by atoms with Crippen molar-refractivity contribution in [2.45, 2.75) is 25.1 Å². The zero-order chi connectivity index (χ0) is 28.6. The van der Waals surface area contributed by atoms with Gasteiger partial charge < -0.3 is 10.6 Å². The predicted octanol–water partition coefficient (Wildman–Crippen LogP) is 7.59. The Balaban J connectivity index is 1.18. The number of anilines is 1. The number of nitrogens with one attached hydrogen (secondary N) is 2. The minimum absolute atomic E-state index is 0.0301. The van der Waals surface area contributed by atoms with Crippen LogP contribution in [0.3, 0.4) is 0 Å². The Morgan fingerprint density at radius 3 is 2.39 bits per heavy atom. The Labute approximate surface area is 234 Å². The van der Waals surface area contributed by atoms with Crippen LogP contribution in [0, 0.1) is 0 Å². The number of halogens is 3. The Morgan fingerprint density at radius 1 is 0.829 bits per heavy atom. The molecule has 1 aromatic heterocycles. The first kappa shape index (κ1) is 26.3. The van der Waals surface area contributed by atoms with Crippen molar-refractivity contribution < 1.29 is 22.8 Å². The van der Waals surface area contributed by atoms with Crippen LogP contribution in [0.1, 0.15) is 49.9 Å². The van der Waals surface area contributed by atoms with E-state index in [2.05, 4.69) is 21.7 Å². The van der Waals surface area contributed by atoms with E-state index in [9.17, 15) is 22.8 Å². The summed E-state index contributed by atoms with van der Waals surface area (Å²) in [4.78, 5) is 30.6. The van der Waals surface area contributed by atoms with Crippen molar-refractivity contribution in [2.75, 3.05) is 5.32 Å². The number of amides is 2. The Hall–Kier alpha value is -4.98. The molecule has 41 heavy (non-hydrogen) atoms. The second-order valence-electron chi connectivity index (χ2n) is 9.97. The lowest BCUT2D eigenvalue weighted by molar-refractivity contribution is -0.137. The maximum Gasteiger partial charge on any atom is 0.416 e. The number of alkyl halides is 3. The zero-order valence-electron chi connectivity index (χ0n) is 21.7. The summed E-state index contributed by atoms with van der Waals surface area (Å²) in [6.07, 6.45) is -1.13. The first-order chi connectivity index (χ1) is 19.8. The molecule has 0 fully saturated rings. The van der Waals surface area contributed by atoms with Gasteiger partial charge in [0, 0.05) is 22.8 Å². The summed E-state index contributed by atoms with van der Waals surface area (Å²) in [5.41, 5.74) is 4.52. The molecule has 1 atom stereocenters. The van der Waals surface area contributed by atoms with Crippen LogP contribution >= 0.6 is 0 Å². The highest BCUT2D eigenvalue weighted by Crippen LogP contribution is 2.33. The van der Waals surface area contributed by atoms with Crippen LogP contribution < -0.4 is 10.6 Å². The van der Waals surface area contributed by atoms with Gasteiger partial charge >= 0.3 is 6.18 Å². The monoisotopic (exact) mass is 551 g/mol. The van der Waals surface area contributed by atoms with Gasteiger partial charge in [0.15, 0.2) is 0 Å². The third-order valence-electron chi connectivity index (χ3n) is 7.34. The number of hydrogen-bond acceptors (Lipinski definition) is 3. The van der Waals surface area contributed by atoms with Gasteiger partial charge in [0.1, 0.15) is 0 Å². The van der Waals surface area contributed by atoms with Crippen LogP contribution in [-0.2, 0) is 12.6 Å². The fraction of sp³-hybridized carbons (Fsp3) is 0.121. The Kier molecular flexibility index (Phi) is 6.75. The number of carbonyl (C=O) groups is 2. The number of aromatic nitrogens is 1. The van der Waals surface area contributed by atoms with E-state index >= 15 is 0 Å². The summed E-state index contributed by atoms with van der Waals surface area (Å²) in [5, 5.41) is 6.71. The van der Waals surface area contributed by atoms with E-state index in [4.69, 9.17) is 0 Å². The molecule has 0 saturated carbocycles. The molecule has 1 heterocycles. The minimum Gasteiger partial charge on any atom is -0.345 e. The van der Waals surface area contributed by atoms with Crippen LogP contribution in [0.2, 0.25) is 0 Å². The van der Waals surface area contributed by atoms with Gasteiger partial charge in [-0.3, -0.25) is 14.6 Å². The topological polar surface area (TPSA) is 71.1 Å². The molecule has 1 aliphatic rings. The maximum absolute atomic E-state index is 13.2. The molecule has 5 aromatic rings. The van der Waals surface area contributed by atoms with Gasteiger partial charge in [-0.1, -0.05) is 60.7 Å². The number of carbonyl (C=O) groups excluding carboxylic acids is 2. The van der Waals surface area contributed by atoms with E-state index in [1.165, 1.54) is 23.9 Å². The Morgan fingerprint density at radius 2 is 1.59 bits per heavy atom. The van der Waals surface area contributed by atoms with Gasteiger partial charge in [-0.25, -0.2) is 0 Å². The highest BCUT2D eigenvalue weighted by Gasteiger charge is 2.30. The second-order valence-corrected chi connectivity index (χ2v) is 9.97. The van der Waals surface area contributed by atoms with E-state index in [-0.39, 0.29) is 11.9 Å². The molecule has 0 saturated heterocycles. The van der Waals surface area contributed by atoms with Crippen molar-refractivity contribution in [3.8, 4) is 11.1 Å². The van der Waals surface area contributed by atoms with Gasteiger partial charge in [0.05, 0.1) is 22.7 Å². The van der Waals surface area contributed by atoms with E-state index in [0.29, 0.717) is 33.5 Å². The molecule has 6 rings (SSSR count). The predicted molar refractivity (Wildman–Crippen MR) is 152 cm³/mol. The van der Waals surface area contributed by atoms with Crippen molar-refractivity contribution in [3.05, 3.63) is 131 Å². The second kappa shape index (κ2) is 10.5. The summed E-state index contributed by atoms with van der Waals surface area (Å²) >= 11 is 0. The average Bonchev–Trinajstić information content (AvgIpc) is 3.39. The number of pyridine rings is 1. The van der Waals surface area contributed by atoms with Crippen molar-refractivity contribution in [1.82, 2.24) is 10.3 Å². The third kappa shape index (κ3) is 5.41. The molecule has 1 unspecified atom stereocenters. The molecule has 204 valence electrons. The van der Waals surface area contributed by atoms with Crippen LogP contribution in [0.15, 0.2) is 103 Å². The number of nitrogens with zero attached hydrogens (tertiary/aromatic N) is 1. The summed E-state index contributed by atoms with van der Waals surface area (Å²) in [6.45, 7) is 0. The zero-order valence-corrected chi connectivity index (χ0v) is 21.7. The first-order valence-corrected chi connectivity index (χ1v) is 13.1. The lowest BCUT2D eigenvalue weighted by atomic mass is 9.98. The van der Waals surface area contributed by atoms with E-state index in [0.717, 1.165) is 35.9 Å². The standard InChI is InChI=1S/C33H24F3N3O2/c34-33(35,36)24-13-9-21(10-14-24)26-6-3-4-8-28(26)32(41)38-25-15-11-22-17-23(19-37-30(22)18-25)31(40)39-29-16-12-20-5-1-2-7-27(20)29/h1-11,13-15,17-19,29H,12,16H2,(H,38,41)(H,39,40). The lowest BCUT2D eigenvalue weighted by Gasteiger charge is -2.14. The minimum atomic E-state index is -4.44. The molecule has 8 heteroatoms. The molecule has 0 bridgehead atoms. The largest absolute Gasteiger partial charge is 0.416 e. The van der Waals surface area contributed by atoms with Gasteiger partial charge in [-0.2, -0.15) is 13.2 Å². The number of fused-ring (bicyclic) bond motifs is 2. The van der Waals surface area contributed by atoms with E-state index < -0.39 is 17.6 Å². The Bertz CT molecular complexity index is 1780. The molecular weight excluding hydrogens is 527 g/mol. The molecule has 5 nitrogen and oxygen atoms in total. The smallest absolute Gasteiger partial charge is 0.345 e. The fourth-order valence-electron chi connectivity index (χ4n) is 5.24. The molecule has 0 aliphatic heterocycles. The van der Waals surface area contributed by atoms with Crippen molar-refractivity contribution in [2.24, 2.45) is 0 Å². The maximum atomic E-state index is 13.2. The number of rotatable bonds is 5. The molecular formula is C33H24F3N3O2. The van der Waals surface area contributed by atoms with E-state index in [1.54, 1.807) is 48.5 Å². The lowest BCUT2D eigenvalue weighted by Crippen LogP contribution is -2.27. The van der Waals surface area contributed by atoms with Gasteiger partial charge in [0.2, 0.25) is 0 Å². The number of benzene rings is 4. The highest BCUT2D eigenvalue weighted by atomic mass is 19.4. The molecule has 2 N–H and O–H groups in total. The third-order valence-corrected chi connectivity index (χ3v) is 7.34. The van der Waals surface area contributed by atoms with Gasteiger partial charge in [0.25, 0.3) is 11.8 Å². The van der Waals surface area contributed by atoms with Crippen LogP contribution in [0.5, 0.6) is 0 Å². The van der Waals surface area contributed by atoms with Crippen LogP contribution in [-0.4, -0.2) is 16.8 Å². The van der Waals surface area contributed by atoms with Crippen molar-refractivity contribution >= 4 is 28.4 Å². The highest BCUT2D eigenvalue weighted by molar-refractivity contribution is 6.09. The number of hydrogen-bond donors (Lipinski definition) is 2. The molecule has 1 aliphatic carbocycles. The summed E-state index contributed by atoms with van der Waals surface area (Å²) in [7, 11) is 0. The van der Waals surface area contributed by atoms with Crippen LogP contribution in [0.4, 0.5) is 18.9 Å². The van der Waals surface area contributed by atoms with Crippen molar-refractivity contribution in [1.29, 1.82) is 0 Å². The normalized spacial score (nSPS) is 14.5. The van der Waals surface area contributed by atoms with Crippen molar-refractivity contribution in [3.63, 3.8) is 0 Å². The average molecular weight is 552 g/mol. The van der Waals surface area contributed by atoms with Crippen LogP contribution in [0.25, 0.3) is 22.0 Å². The quantitative estimate of drug-likeness (QED) is 0.236. The van der Waals surface area contributed by atoms with E-state index in [1.807, 2.05) is 18.2 Å².